The molecule has 0 aliphatic carbocycles. The molecule has 0 aromatic carbocycles. The molecule has 2 nitrogen and oxygen atoms in total. The zero-order chi connectivity index (χ0) is 9.97. The van der Waals surface area contributed by atoms with Gasteiger partial charge in [0, 0.05) is 22.9 Å². The first-order valence-corrected chi connectivity index (χ1v) is 6.56. The molecule has 2 aromatic heterocycles. The Morgan fingerprint density at radius 1 is 1.50 bits per heavy atom. The second-order valence-electron chi connectivity index (χ2n) is 2.80. The van der Waals surface area contributed by atoms with Gasteiger partial charge in [-0.15, -0.1) is 22.7 Å². The summed E-state index contributed by atoms with van der Waals surface area (Å²) in [4.78, 5) is 5.25. The van der Waals surface area contributed by atoms with Crippen molar-refractivity contribution in [3.8, 4) is 0 Å². The van der Waals surface area contributed by atoms with Crippen LogP contribution >= 0.6 is 38.6 Å². The fraction of sp³-hybridized carbons (Fsp3) is 0.222. The van der Waals surface area contributed by atoms with Crippen molar-refractivity contribution in [3.63, 3.8) is 0 Å². The molecule has 0 amide bonds. The van der Waals surface area contributed by atoms with Gasteiger partial charge >= 0.3 is 0 Å². The molecule has 2 aromatic rings. The lowest BCUT2D eigenvalue weighted by Crippen LogP contribution is -1.99. The Kier molecular flexibility index (Phi) is 3.33. The van der Waals surface area contributed by atoms with Gasteiger partial charge in [0.2, 0.25) is 0 Å². The van der Waals surface area contributed by atoms with E-state index in [1.165, 1.54) is 16.2 Å². The number of halogens is 1. The number of aliphatic hydroxyl groups excluding tert-OH is 1. The third-order valence-corrected chi connectivity index (χ3v) is 4.28. The van der Waals surface area contributed by atoms with E-state index >= 15 is 0 Å². The van der Waals surface area contributed by atoms with Gasteiger partial charge in [0.05, 0.1) is 3.79 Å². The Balaban J connectivity index is 2.05. The van der Waals surface area contributed by atoms with Crippen molar-refractivity contribution in [2.24, 2.45) is 0 Å². The standard InChI is InChI=1S/C9H8BrNOS2/c10-8-2-1-6(14-8)5-7(12)9-11-3-4-13-9/h1-4,7,12H,5H2. The predicted octanol–water partition coefficient (Wildman–Crippen LogP) is 3.24. The summed E-state index contributed by atoms with van der Waals surface area (Å²) in [5, 5.41) is 12.5. The molecule has 14 heavy (non-hydrogen) atoms. The summed E-state index contributed by atoms with van der Waals surface area (Å²) >= 11 is 6.53. The molecule has 0 bridgehead atoms. The van der Waals surface area contributed by atoms with Crippen molar-refractivity contribution in [2.75, 3.05) is 0 Å². The first-order chi connectivity index (χ1) is 6.75. The average Bonchev–Trinajstić information content (AvgIpc) is 2.75. The van der Waals surface area contributed by atoms with Crippen LogP contribution in [-0.4, -0.2) is 10.1 Å². The van der Waals surface area contributed by atoms with Crippen LogP contribution < -0.4 is 0 Å². The van der Waals surface area contributed by atoms with E-state index in [0.29, 0.717) is 6.42 Å². The van der Waals surface area contributed by atoms with Crippen molar-refractivity contribution >= 4 is 38.6 Å². The number of aliphatic hydroxyl groups is 1. The Labute approximate surface area is 98.4 Å². The molecule has 0 aliphatic rings. The van der Waals surface area contributed by atoms with Crippen molar-refractivity contribution in [1.29, 1.82) is 0 Å². The van der Waals surface area contributed by atoms with Gasteiger partial charge in [-0.25, -0.2) is 4.98 Å². The number of rotatable bonds is 3. The first kappa shape index (κ1) is 10.3. The summed E-state index contributed by atoms with van der Waals surface area (Å²) in [6.45, 7) is 0. The minimum atomic E-state index is -0.472. The number of thiophene rings is 1. The van der Waals surface area contributed by atoms with Gasteiger partial charge in [-0.1, -0.05) is 0 Å². The molecular formula is C9H8BrNOS2. The maximum absolute atomic E-state index is 9.81. The Bertz CT molecular complexity index is 399. The molecular weight excluding hydrogens is 282 g/mol. The van der Waals surface area contributed by atoms with E-state index in [2.05, 4.69) is 20.9 Å². The largest absolute Gasteiger partial charge is 0.386 e. The maximum Gasteiger partial charge on any atom is 0.122 e. The highest BCUT2D eigenvalue weighted by atomic mass is 79.9. The Morgan fingerprint density at radius 3 is 2.93 bits per heavy atom. The van der Waals surface area contributed by atoms with Crippen LogP contribution in [0.1, 0.15) is 16.0 Å². The molecule has 0 radical (unpaired) electrons. The first-order valence-electron chi connectivity index (χ1n) is 4.07. The minimum Gasteiger partial charge on any atom is -0.386 e. The summed E-state index contributed by atoms with van der Waals surface area (Å²) in [7, 11) is 0. The minimum absolute atomic E-state index is 0.472. The summed E-state index contributed by atoms with van der Waals surface area (Å²) in [5.41, 5.74) is 0. The fourth-order valence-electron chi connectivity index (χ4n) is 1.14. The number of aromatic nitrogens is 1. The molecule has 5 heteroatoms. The van der Waals surface area contributed by atoms with Crippen molar-refractivity contribution in [3.05, 3.63) is 37.4 Å². The highest BCUT2D eigenvalue weighted by molar-refractivity contribution is 9.11. The summed E-state index contributed by atoms with van der Waals surface area (Å²) in [6, 6.07) is 4.01. The normalized spacial score (nSPS) is 13.0. The molecule has 1 unspecified atom stereocenters. The van der Waals surface area contributed by atoms with E-state index in [9.17, 15) is 5.11 Å². The van der Waals surface area contributed by atoms with E-state index in [0.717, 1.165) is 8.79 Å². The zero-order valence-electron chi connectivity index (χ0n) is 7.18. The topological polar surface area (TPSA) is 33.1 Å². The van der Waals surface area contributed by atoms with Crippen LogP contribution in [0.15, 0.2) is 27.5 Å². The lowest BCUT2D eigenvalue weighted by atomic mass is 10.2. The second kappa shape index (κ2) is 4.53. The van der Waals surface area contributed by atoms with Gasteiger partial charge in [0.25, 0.3) is 0 Å². The predicted molar refractivity (Wildman–Crippen MR) is 62.8 cm³/mol. The third kappa shape index (κ3) is 2.42. The fourth-order valence-corrected chi connectivity index (χ4v) is 3.28. The molecule has 1 N–H and O–H groups in total. The van der Waals surface area contributed by atoms with Crippen LogP contribution in [0.4, 0.5) is 0 Å². The molecule has 0 saturated carbocycles. The summed E-state index contributed by atoms with van der Waals surface area (Å²) in [5.74, 6) is 0. The third-order valence-electron chi connectivity index (χ3n) is 1.76. The van der Waals surface area contributed by atoms with Crippen LogP contribution in [0, 0.1) is 0 Å². The van der Waals surface area contributed by atoms with Gasteiger partial charge < -0.3 is 5.11 Å². The summed E-state index contributed by atoms with van der Waals surface area (Å²) < 4.78 is 1.10. The van der Waals surface area contributed by atoms with Crippen molar-refractivity contribution < 1.29 is 5.11 Å². The van der Waals surface area contributed by atoms with Crippen LogP contribution in [-0.2, 0) is 6.42 Å². The Hall–Kier alpha value is -0.230. The van der Waals surface area contributed by atoms with E-state index in [1.54, 1.807) is 17.5 Å². The van der Waals surface area contributed by atoms with Crippen LogP contribution in [0.3, 0.4) is 0 Å². The van der Waals surface area contributed by atoms with Crippen LogP contribution in [0.2, 0.25) is 0 Å². The molecule has 2 heterocycles. The van der Waals surface area contributed by atoms with E-state index in [4.69, 9.17) is 0 Å². The zero-order valence-corrected chi connectivity index (χ0v) is 10.4. The van der Waals surface area contributed by atoms with Gasteiger partial charge in [0.15, 0.2) is 0 Å². The molecule has 0 fully saturated rings. The van der Waals surface area contributed by atoms with E-state index < -0.39 is 6.10 Å². The van der Waals surface area contributed by atoms with Gasteiger partial charge in [-0.05, 0) is 28.1 Å². The number of thiazole rings is 1. The lowest BCUT2D eigenvalue weighted by molar-refractivity contribution is 0.179. The second-order valence-corrected chi connectivity index (χ2v) is 6.27. The lowest BCUT2D eigenvalue weighted by Gasteiger charge is -2.04. The number of hydrogen-bond donors (Lipinski definition) is 1. The van der Waals surface area contributed by atoms with Crippen molar-refractivity contribution in [1.82, 2.24) is 4.98 Å². The van der Waals surface area contributed by atoms with Gasteiger partial charge in [-0.3, -0.25) is 0 Å². The average molecular weight is 290 g/mol. The molecule has 2 rings (SSSR count). The van der Waals surface area contributed by atoms with Crippen molar-refractivity contribution in [2.45, 2.75) is 12.5 Å². The SMILES string of the molecule is OC(Cc1ccc(Br)s1)c1nccs1. The summed E-state index contributed by atoms with van der Waals surface area (Å²) in [6.07, 6.45) is 1.89. The van der Waals surface area contributed by atoms with E-state index in [1.807, 2.05) is 17.5 Å². The van der Waals surface area contributed by atoms with Crippen LogP contribution in [0.5, 0.6) is 0 Å². The smallest absolute Gasteiger partial charge is 0.122 e. The number of hydrogen-bond acceptors (Lipinski definition) is 4. The van der Waals surface area contributed by atoms with Crippen LogP contribution in [0.25, 0.3) is 0 Å². The maximum atomic E-state index is 9.81. The molecule has 1 atom stereocenters. The molecule has 74 valence electrons. The van der Waals surface area contributed by atoms with E-state index in [-0.39, 0.29) is 0 Å². The molecule has 0 spiro atoms. The highest BCUT2D eigenvalue weighted by Gasteiger charge is 2.11. The van der Waals surface area contributed by atoms with Gasteiger partial charge in [-0.2, -0.15) is 0 Å². The monoisotopic (exact) mass is 289 g/mol. The highest BCUT2D eigenvalue weighted by Crippen LogP contribution is 2.27. The van der Waals surface area contributed by atoms with Gasteiger partial charge in [0.1, 0.15) is 11.1 Å². The quantitative estimate of drug-likeness (QED) is 0.941. The number of nitrogens with zero attached hydrogens (tertiary/aromatic N) is 1. The Morgan fingerprint density at radius 2 is 2.36 bits per heavy atom. The molecule has 0 aliphatic heterocycles. The molecule has 0 saturated heterocycles.